The first-order chi connectivity index (χ1) is 13.5. The van der Waals surface area contributed by atoms with Gasteiger partial charge in [-0.05, 0) is 19.1 Å². The lowest BCUT2D eigenvalue weighted by Crippen LogP contribution is -2.33. The van der Waals surface area contributed by atoms with Crippen LogP contribution in [0.15, 0.2) is 36.9 Å². The molecule has 0 saturated carbocycles. The van der Waals surface area contributed by atoms with Gasteiger partial charge >= 0.3 is 0 Å². The molecule has 1 aromatic carbocycles. The average Bonchev–Trinajstić information content (AvgIpc) is 3.24. The van der Waals surface area contributed by atoms with Gasteiger partial charge in [-0.2, -0.15) is 0 Å². The second-order valence-electron chi connectivity index (χ2n) is 6.54. The van der Waals surface area contributed by atoms with Crippen LogP contribution in [0.25, 0.3) is 11.2 Å². The van der Waals surface area contributed by atoms with E-state index in [1.165, 1.54) is 24.1 Å². The molecule has 0 aliphatic carbocycles. The molecule has 1 aliphatic rings. The Kier molecular flexibility index (Phi) is 4.77. The number of carbonyl (C=O) groups excluding carboxylic acids is 1. The summed E-state index contributed by atoms with van der Waals surface area (Å²) < 4.78 is 7.03. The van der Waals surface area contributed by atoms with Crippen LogP contribution in [0.1, 0.15) is 23.5 Å². The number of Topliss-reactive ketones (excluding diaryl/α,β-unsaturated/α-hetero) is 1. The highest BCUT2D eigenvalue weighted by Gasteiger charge is 2.44. The SMILES string of the molecule is CC(=O)c1cccc(Nc2ncnc3c2ncn3[C@@H]2O[C@H](CO)[C@@H](O)[C@H]2O)c1. The molecule has 0 spiro atoms. The summed E-state index contributed by atoms with van der Waals surface area (Å²) in [5.41, 5.74) is 2.03. The maximum atomic E-state index is 11.6. The first-order valence-electron chi connectivity index (χ1n) is 8.67. The Morgan fingerprint density at radius 3 is 2.79 bits per heavy atom. The van der Waals surface area contributed by atoms with Gasteiger partial charge in [-0.3, -0.25) is 9.36 Å². The highest BCUT2D eigenvalue weighted by Crippen LogP contribution is 2.32. The van der Waals surface area contributed by atoms with E-state index in [0.29, 0.717) is 28.2 Å². The van der Waals surface area contributed by atoms with E-state index in [4.69, 9.17) is 4.74 Å². The van der Waals surface area contributed by atoms with Crippen LogP contribution in [0.3, 0.4) is 0 Å². The number of hydrogen-bond donors (Lipinski definition) is 4. The van der Waals surface area contributed by atoms with Crippen LogP contribution in [-0.4, -0.2) is 65.5 Å². The largest absolute Gasteiger partial charge is 0.394 e. The number of nitrogens with one attached hydrogen (secondary N) is 1. The second kappa shape index (κ2) is 7.24. The molecule has 28 heavy (non-hydrogen) atoms. The number of fused-ring (bicyclic) bond motifs is 1. The fourth-order valence-electron chi connectivity index (χ4n) is 3.19. The molecule has 3 aromatic rings. The van der Waals surface area contributed by atoms with E-state index in [9.17, 15) is 20.1 Å². The molecule has 10 nitrogen and oxygen atoms in total. The van der Waals surface area contributed by atoms with E-state index in [0.717, 1.165) is 0 Å². The molecule has 1 fully saturated rings. The number of benzene rings is 1. The number of aromatic nitrogens is 4. The number of ketones is 1. The van der Waals surface area contributed by atoms with Crippen molar-refractivity contribution in [3.05, 3.63) is 42.5 Å². The Bertz CT molecular complexity index is 1020. The zero-order valence-corrected chi connectivity index (χ0v) is 14.9. The summed E-state index contributed by atoms with van der Waals surface area (Å²) in [7, 11) is 0. The predicted octanol–water partition coefficient (Wildman–Crippen LogP) is 0.384. The minimum Gasteiger partial charge on any atom is -0.394 e. The first-order valence-corrected chi connectivity index (χ1v) is 8.67. The quantitative estimate of drug-likeness (QED) is 0.458. The molecule has 3 heterocycles. The van der Waals surface area contributed by atoms with Gasteiger partial charge in [-0.1, -0.05) is 12.1 Å². The maximum absolute atomic E-state index is 11.6. The Hall–Kier alpha value is -2.92. The molecule has 0 amide bonds. The van der Waals surface area contributed by atoms with E-state index in [-0.39, 0.29) is 5.78 Å². The Labute approximate surface area is 159 Å². The van der Waals surface area contributed by atoms with Crippen molar-refractivity contribution in [2.24, 2.45) is 0 Å². The molecular formula is C18H19N5O5. The highest BCUT2D eigenvalue weighted by molar-refractivity contribution is 5.95. The van der Waals surface area contributed by atoms with Gasteiger partial charge in [0.05, 0.1) is 12.9 Å². The van der Waals surface area contributed by atoms with Crippen LogP contribution in [0.5, 0.6) is 0 Å². The lowest BCUT2D eigenvalue weighted by Gasteiger charge is -2.16. The monoisotopic (exact) mass is 385 g/mol. The molecule has 0 unspecified atom stereocenters. The topological polar surface area (TPSA) is 143 Å². The van der Waals surface area contributed by atoms with Crippen molar-refractivity contribution >= 4 is 28.5 Å². The van der Waals surface area contributed by atoms with Crippen LogP contribution < -0.4 is 5.32 Å². The molecule has 146 valence electrons. The van der Waals surface area contributed by atoms with Gasteiger partial charge in [0, 0.05) is 11.3 Å². The van der Waals surface area contributed by atoms with Gasteiger partial charge in [0.25, 0.3) is 0 Å². The van der Waals surface area contributed by atoms with Gasteiger partial charge in [-0.15, -0.1) is 0 Å². The average molecular weight is 385 g/mol. The Morgan fingerprint density at radius 2 is 2.07 bits per heavy atom. The van der Waals surface area contributed by atoms with Crippen molar-refractivity contribution in [1.82, 2.24) is 19.5 Å². The number of hydrogen-bond acceptors (Lipinski definition) is 9. The van der Waals surface area contributed by atoms with E-state index < -0.39 is 31.1 Å². The number of anilines is 2. The number of imidazole rings is 1. The summed E-state index contributed by atoms with van der Waals surface area (Å²) in [5.74, 6) is 0.362. The minimum atomic E-state index is -1.24. The second-order valence-corrected chi connectivity index (χ2v) is 6.54. The third-order valence-corrected chi connectivity index (χ3v) is 4.68. The Morgan fingerprint density at radius 1 is 1.25 bits per heavy atom. The summed E-state index contributed by atoms with van der Waals surface area (Å²) in [4.78, 5) is 24.3. The van der Waals surface area contributed by atoms with Gasteiger partial charge in [-0.25, -0.2) is 15.0 Å². The lowest BCUT2D eigenvalue weighted by molar-refractivity contribution is -0.0511. The molecule has 0 radical (unpaired) electrons. The molecule has 10 heteroatoms. The van der Waals surface area contributed by atoms with Crippen LogP contribution >= 0.6 is 0 Å². The number of carbonyl (C=O) groups is 1. The summed E-state index contributed by atoms with van der Waals surface area (Å²) >= 11 is 0. The van der Waals surface area contributed by atoms with Gasteiger partial charge in [0.1, 0.15) is 24.6 Å². The third-order valence-electron chi connectivity index (χ3n) is 4.68. The standard InChI is InChI=1S/C18H19N5O5/c1-9(25)10-3-2-4-11(5-10)22-16-13-17(20-7-19-16)23(8-21-13)18-15(27)14(26)12(6-24)28-18/h2-5,7-8,12,14-15,18,24,26-27H,6H2,1H3,(H,19,20,22)/t12-,14-,15-,18-/m1/s1. The van der Waals surface area contributed by atoms with Crippen LogP contribution in [0.4, 0.5) is 11.5 Å². The normalized spacial score (nSPS) is 24.6. The third kappa shape index (κ3) is 3.12. The number of ether oxygens (including phenoxy) is 1. The van der Waals surface area contributed by atoms with Crippen molar-refractivity contribution in [1.29, 1.82) is 0 Å². The van der Waals surface area contributed by atoms with E-state index in [1.807, 2.05) is 0 Å². The van der Waals surface area contributed by atoms with E-state index >= 15 is 0 Å². The van der Waals surface area contributed by atoms with E-state index in [1.54, 1.807) is 24.3 Å². The molecular weight excluding hydrogens is 366 g/mol. The molecule has 4 rings (SSSR count). The Balaban J connectivity index is 1.68. The number of aliphatic hydroxyl groups excluding tert-OH is 3. The summed E-state index contributed by atoms with van der Waals surface area (Å²) in [6.45, 7) is 1.07. The van der Waals surface area contributed by atoms with E-state index in [2.05, 4.69) is 20.3 Å². The van der Waals surface area contributed by atoms with Crippen molar-refractivity contribution in [2.75, 3.05) is 11.9 Å². The minimum absolute atomic E-state index is 0.0508. The zero-order valence-electron chi connectivity index (χ0n) is 14.9. The van der Waals surface area contributed by atoms with Crippen molar-refractivity contribution < 1.29 is 24.9 Å². The summed E-state index contributed by atoms with van der Waals surface area (Å²) in [6.07, 6.45) is -1.54. The molecule has 1 saturated heterocycles. The van der Waals surface area contributed by atoms with Gasteiger partial charge < -0.3 is 25.4 Å². The number of rotatable bonds is 5. The van der Waals surface area contributed by atoms with Crippen molar-refractivity contribution in [3.8, 4) is 0 Å². The van der Waals surface area contributed by atoms with Gasteiger partial charge in [0.15, 0.2) is 29.0 Å². The number of aliphatic hydroxyl groups is 3. The summed E-state index contributed by atoms with van der Waals surface area (Å²) in [5, 5.41) is 32.6. The molecule has 1 aliphatic heterocycles. The predicted molar refractivity (Wildman–Crippen MR) is 98.1 cm³/mol. The molecule has 2 aromatic heterocycles. The molecule has 0 bridgehead atoms. The lowest BCUT2D eigenvalue weighted by atomic mass is 10.1. The van der Waals surface area contributed by atoms with Crippen LogP contribution in [0.2, 0.25) is 0 Å². The highest BCUT2D eigenvalue weighted by atomic mass is 16.6. The first kappa shape index (κ1) is 18.4. The fraction of sp³-hybridized carbons (Fsp3) is 0.333. The molecule has 4 atom stereocenters. The molecule has 4 N–H and O–H groups in total. The maximum Gasteiger partial charge on any atom is 0.167 e. The van der Waals surface area contributed by atoms with Crippen LogP contribution in [0, 0.1) is 0 Å². The zero-order chi connectivity index (χ0) is 19.8. The van der Waals surface area contributed by atoms with Crippen molar-refractivity contribution in [3.63, 3.8) is 0 Å². The number of nitrogens with zero attached hydrogens (tertiary/aromatic N) is 4. The summed E-state index contributed by atoms with van der Waals surface area (Å²) in [6, 6.07) is 6.98. The van der Waals surface area contributed by atoms with Crippen LogP contribution in [-0.2, 0) is 4.74 Å². The van der Waals surface area contributed by atoms with Gasteiger partial charge in [0.2, 0.25) is 0 Å². The fourth-order valence-corrected chi connectivity index (χ4v) is 3.19. The van der Waals surface area contributed by atoms with Crippen molar-refractivity contribution in [2.45, 2.75) is 31.5 Å². The smallest absolute Gasteiger partial charge is 0.167 e.